The van der Waals surface area contributed by atoms with E-state index in [1.165, 1.54) is 88.1 Å². The number of carbonyl (C=O) groups is 1. The normalized spacial score (nSPS) is 11.7. The maximum absolute atomic E-state index is 12.1. The largest absolute Gasteiger partial charge is 0.545 e. The van der Waals surface area contributed by atoms with E-state index in [1.54, 1.807) is 0 Å². The van der Waals surface area contributed by atoms with Gasteiger partial charge >= 0.3 is 6.18 Å². The van der Waals surface area contributed by atoms with Crippen molar-refractivity contribution in [3.05, 3.63) is 35.4 Å². The number of hydrogen-bond acceptors (Lipinski definition) is 2. The molecule has 0 aliphatic rings. The summed E-state index contributed by atoms with van der Waals surface area (Å²) in [6, 6.07) is 3.89. The number of carbonyl (C=O) groups excluding carboxylic acids is 1. The van der Waals surface area contributed by atoms with Gasteiger partial charge in [0.1, 0.15) is 0 Å². The number of unbranched alkanes of at least 4 members (excludes halogenated alkanes) is 4. The molecule has 0 bridgehead atoms. The Morgan fingerprint density at radius 3 is 1.43 bits per heavy atom. The zero-order valence-electron chi connectivity index (χ0n) is 19.2. The number of alkyl halides is 3. The molecule has 0 saturated heterocycles. The highest BCUT2D eigenvalue weighted by atomic mass is 19.4. The van der Waals surface area contributed by atoms with Crippen molar-refractivity contribution in [2.24, 2.45) is 0 Å². The molecular formula is C24H40F3NO2. The number of carboxylic acids is 1. The summed E-state index contributed by atoms with van der Waals surface area (Å²) >= 11 is 0. The number of benzene rings is 1. The van der Waals surface area contributed by atoms with Crippen LogP contribution in [0, 0.1) is 0 Å². The van der Waals surface area contributed by atoms with Gasteiger partial charge in [0.25, 0.3) is 0 Å². The zero-order chi connectivity index (χ0) is 23.0. The molecule has 0 atom stereocenters. The van der Waals surface area contributed by atoms with E-state index in [4.69, 9.17) is 0 Å². The molecule has 0 unspecified atom stereocenters. The molecule has 1 aromatic carbocycles. The summed E-state index contributed by atoms with van der Waals surface area (Å²) in [5, 5.41) is 10.3. The second-order valence-corrected chi connectivity index (χ2v) is 7.98. The molecular weight excluding hydrogens is 391 g/mol. The standard InChI is InChI=1S/C16H36N.C8H5F3O2/c1-5-9-13-17(14-10-6-2,15-11-7-3)16-12-8-4;9-8(10,11)6-4-2-1-3-5(6)7(12)13/h5-16H2,1-4H3;1-4H,(H,12,13)/q+1;/p-1. The first-order valence-corrected chi connectivity index (χ1v) is 11.4. The van der Waals surface area contributed by atoms with Crippen LogP contribution in [0.4, 0.5) is 13.2 Å². The van der Waals surface area contributed by atoms with E-state index in [0.29, 0.717) is 6.07 Å². The number of rotatable bonds is 13. The maximum Gasteiger partial charge on any atom is 0.417 e. The van der Waals surface area contributed by atoms with E-state index in [1.807, 2.05) is 0 Å². The third-order valence-corrected chi connectivity index (χ3v) is 5.40. The molecule has 3 nitrogen and oxygen atoms in total. The van der Waals surface area contributed by atoms with Crippen molar-refractivity contribution in [2.45, 2.75) is 85.2 Å². The van der Waals surface area contributed by atoms with Crippen molar-refractivity contribution in [1.82, 2.24) is 0 Å². The van der Waals surface area contributed by atoms with Crippen molar-refractivity contribution in [2.75, 3.05) is 26.2 Å². The Labute approximate surface area is 180 Å². The Kier molecular flexibility index (Phi) is 14.5. The summed E-state index contributed by atoms with van der Waals surface area (Å²) in [6.07, 6.45) is 6.41. The molecule has 0 aromatic heterocycles. The smallest absolute Gasteiger partial charge is 0.417 e. The molecule has 0 aliphatic heterocycles. The molecule has 0 aliphatic carbocycles. The van der Waals surface area contributed by atoms with Crippen LogP contribution in [0.15, 0.2) is 24.3 Å². The molecule has 6 heteroatoms. The minimum absolute atomic E-state index is 0.700. The van der Waals surface area contributed by atoms with Crippen LogP contribution in [-0.2, 0) is 6.18 Å². The van der Waals surface area contributed by atoms with E-state index in [2.05, 4.69) is 27.7 Å². The van der Waals surface area contributed by atoms with Gasteiger partial charge in [-0.05, 0) is 31.7 Å². The van der Waals surface area contributed by atoms with Crippen LogP contribution in [0.1, 0.15) is 95.0 Å². The molecule has 0 fully saturated rings. The number of quaternary nitrogens is 1. The van der Waals surface area contributed by atoms with Crippen LogP contribution in [0.5, 0.6) is 0 Å². The van der Waals surface area contributed by atoms with Crippen LogP contribution in [0.2, 0.25) is 0 Å². The topological polar surface area (TPSA) is 40.1 Å². The predicted molar refractivity (Wildman–Crippen MR) is 115 cm³/mol. The third-order valence-electron chi connectivity index (χ3n) is 5.40. The lowest BCUT2D eigenvalue weighted by atomic mass is 10.1. The summed E-state index contributed by atoms with van der Waals surface area (Å²) in [7, 11) is 0. The number of hydrogen-bond donors (Lipinski definition) is 0. The number of nitrogens with zero attached hydrogens (tertiary/aromatic N) is 1. The summed E-state index contributed by atoms with van der Waals surface area (Å²) in [5.74, 6) is -1.83. The maximum atomic E-state index is 12.1. The fourth-order valence-corrected chi connectivity index (χ4v) is 3.55. The quantitative estimate of drug-likeness (QED) is 0.356. The fraction of sp³-hybridized carbons (Fsp3) is 0.708. The van der Waals surface area contributed by atoms with Crippen molar-refractivity contribution in [1.29, 1.82) is 0 Å². The van der Waals surface area contributed by atoms with Gasteiger partial charge in [0.2, 0.25) is 0 Å². The van der Waals surface area contributed by atoms with Crippen molar-refractivity contribution < 1.29 is 27.6 Å². The van der Waals surface area contributed by atoms with Gasteiger partial charge in [-0.2, -0.15) is 13.2 Å². The van der Waals surface area contributed by atoms with Gasteiger partial charge in [0, 0.05) is 5.56 Å². The molecule has 1 aromatic rings. The number of carboxylic acid groups (broad SMARTS) is 1. The monoisotopic (exact) mass is 431 g/mol. The molecule has 0 radical (unpaired) electrons. The second kappa shape index (κ2) is 15.3. The Morgan fingerprint density at radius 2 is 1.17 bits per heavy atom. The van der Waals surface area contributed by atoms with Crippen LogP contribution >= 0.6 is 0 Å². The minimum atomic E-state index is -4.66. The van der Waals surface area contributed by atoms with Crippen molar-refractivity contribution in [3.63, 3.8) is 0 Å². The van der Waals surface area contributed by atoms with Gasteiger partial charge in [0.15, 0.2) is 0 Å². The first-order valence-electron chi connectivity index (χ1n) is 11.4. The molecule has 0 amide bonds. The molecule has 1 rings (SSSR count). The molecule has 0 spiro atoms. The average Bonchev–Trinajstić information content (AvgIpc) is 2.72. The average molecular weight is 432 g/mol. The SMILES string of the molecule is CCCC[N+](CCCC)(CCCC)CCCC.O=C([O-])c1ccccc1C(F)(F)F. The Bertz CT molecular complexity index is 551. The van der Waals surface area contributed by atoms with Crippen LogP contribution in [0.3, 0.4) is 0 Å². The molecule has 0 N–H and O–H groups in total. The van der Waals surface area contributed by atoms with Gasteiger partial charge in [-0.25, -0.2) is 0 Å². The molecule has 174 valence electrons. The summed E-state index contributed by atoms with van der Waals surface area (Å²) in [6.45, 7) is 15.0. The highest BCUT2D eigenvalue weighted by Crippen LogP contribution is 2.31. The van der Waals surface area contributed by atoms with E-state index in [0.717, 1.165) is 12.1 Å². The van der Waals surface area contributed by atoms with Crippen molar-refractivity contribution in [3.8, 4) is 0 Å². The van der Waals surface area contributed by atoms with Gasteiger partial charge in [-0.15, -0.1) is 0 Å². The lowest BCUT2D eigenvalue weighted by molar-refractivity contribution is -0.929. The minimum Gasteiger partial charge on any atom is -0.545 e. The Balaban J connectivity index is 0.000000579. The van der Waals surface area contributed by atoms with Crippen LogP contribution in [-0.4, -0.2) is 36.6 Å². The molecule has 30 heavy (non-hydrogen) atoms. The Hall–Kier alpha value is -1.56. The summed E-state index contributed by atoms with van der Waals surface area (Å²) in [4.78, 5) is 10.3. The first-order chi connectivity index (χ1) is 14.2. The van der Waals surface area contributed by atoms with Crippen LogP contribution < -0.4 is 5.11 Å². The van der Waals surface area contributed by atoms with Gasteiger partial charge in [-0.1, -0.05) is 71.6 Å². The summed E-state index contributed by atoms with van der Waals surface area (Å²) in [5.41, 5.74) is -2.02. The molecule has 0 saturated carbocycles. The molecule has 0 heterocycles. The van der Waals surface area contributed by atoms with Crippen LogP contribution in [0.25, 0.3) is 0 Å². The fourth-order valence-electron chi connectivity index (χ4n) is 3.55. The number of halogens is 3. The second-order valence-electron chi connectivity index (χ2n) is 7.98. The van der Waals surface area contributed by atoms with Gasteiger partial charge in [-0.3, -0.25) is 0 Å². The number of aromatic carboxylic acids is 1. The highest BCUT2D eigenvalue weighted by molar-refractivity contribution is 5.87. The van der Waals surface area contributed by atoms with Crippen molar-refractivity contribution >= 4 is 5.97 Å². The van der Waals surface area contributed by atoms with Gasteiger partial charge < -0.3 is 14.4 Å². The van der Waals surface area contributed by atoms with Gasteiger partial charge in [0.05, 0.1) is 37.7 Å². The van der Waals surface area contributed by atoms with E-state index >= 15 is 0 Å². The van der Waals surface area contributed by atoms with E-state index in [-0.39, 0.29) is 0 Å². The summed E-state index contributed by atoms with van der Waals surface area (Å²) < 4.78 is 37.8. The highest BCUT2D eigenvalue weighted by Gasteiger charge is 2.33. The third kappa shape index (κ3) is 11.0. The Morgan fingerprint density at radius 1 is 0.800 bits per heavy atom. The first kappa shape index (κ1) is 28.4. The van der Waals surface area contributed by atoms with E-state index < -0.39 is 23.3 Å². The lowest BCUT2D eigenvalue weighted by Crippen LogP contribution is -2.50. The predicted octanol–water partition coefficient (Wildman–Crippen LogP) is 6.07. The van der Waals surface area contributed by atoms with E-state index in [9.17, 15) is 23.1 Å². The zero-order valence-corrected chi connectivity index (χ0v) is 19.2. The lowest BCUT2D eigenvalue weighted by Gasteiger charge is -2.39.